The SMILES string of the molecule is CSC(=Nc1cccc(S(=O)(=O)NC2CCCC2)c1)NC#N. The zero-order chi connectivity index (χ0) is 16.0. The van der Waals surface area contributed by atoms with E-state index >= 15 is 0 Å². The summed E-state index contributed by atoms with van der Waals surface area (Å²) in [6.07, 6.45) is 7.49. The van der Waals surface area contributed by atoms with E-state index in [1.54, 1.807) is 30.6 Å². The molecule has 8 heteroatoms. The molecule has 0 heterocycles. The van der Waals surface area contributed by atoms with Gasteiger partial charge in [0.05, 0.1) is 10.6 Å². The third-order valence-corrected chi connectivity index (χ3v) is 5.49. The van der Waals surface area contributed by atoms with Crippen LogP contribution in [0.15, 0.2) is 34.2 Å². The number of nitrogens with one attached hydrogen (secondary N) is 2. The topological polar surface area (TPSA) is 94.3 Å². The summed E-state index contributed by atoms with van der Waals surface area (Å²) < 4.78 is 27.5. The van der Waals surface area contributed by atoms with Crippen molar-refractivity contribution in [3.05, 3.63) is 24.3 Å². The van der Waals surface area contributed by atoms with Crippen LogP contribution in [0.3, 0.4) is 0 Å². The molecule has 0 radical (unpaired) electrons. The molecule has 0 bridgehead atoms. The normalized spacial score (nSPS) is 16.5. The van der Waals surface area contributed by atoms with Crippen molar-refractivity contribution in [1.29, 1.82) is 5.26 Å². The third-order valence-electron chi connectivity index (χ3n) is 3.39. The van der Waals surface area contributed by atoms with Crippen LogP contribution in [-0.4, -0.2) is 25.9 Å². The Morgan fingerprint density at radius 3 is 2.77 bits per heavy atom. The van der Waals surface area contributed by atoms with Crippen molar-refractivity contribution in [1.82, 2.24) is 10.0 Å². The molecule has 0 amide bonds. The van der Waals surface area contributed by atoms with Gasteiger partial charge in [-0.15, -0.1) is 0 Å². The van der Waals surface area contributed by atoms with E-state index in [0.29, 0.717) is 10.9 Å². The standard InChI is InChI=1S/C14H18N4O2S2/c1-21-14(16-10-15)17-12-7-4-8-13(9-12)22(19,20)18-11-5-2-3-6-11/h4,7-9,11,18H,2-3,5-6H2,1H3,(H,16,17). The molecular weight excluding hydrogens is 320 g/mol. The Morgan fingerprint density at radius 1 is 1.41 bits per heavy atom. The van der Waals surface area contributed by atoms with Gasteiger partial charge < -0.3 is 0 Å². The zero-order valence-electron chi connectivity index (χ0n) is 12.2. The Kier molecular flexibility index (Phi) is 5.83. The lowest BCUT2D eigenvalue weighted by atomic mass is 10.3. The lowest BCUT2D eigenvalue weighted by molar-refractivity contribution is 0.552. The molecule has 1 saturated carbocycles. The lowest BCUT2D eigenvalue weighted by Crippen LogP contribution is -2.32. The quantitative estimate of drug-likeness (QED) is 0.380. The van der Waals surface area contributed by atoms with E-state index in [4.69, 9.17) is 5.26 Å². The lowest BCUT2D eigenvalue weighted by Gasteiger charge is -2.12. The average Bonchev–Trinajstić information content (AvgIpc) is 2.99. The number of rotatable bonds is 4. The summed E-state index contributed by atoms with van der Waals surface area (Å²) in [6, 6.07) is 6.43. The average molecular weight is 338 g/mol. The van der Waals surface area contributed by atoms with Crippen molar-refractivity contribution in [3.8, 4) is 6.19 Å². The minimum absolute atomic E-state index is 0.0270. The molecule has 6 nitrogen and oxygen atoms in total. The van der Waals surface area contributed by atoms with Gasteiger partial charge in [0, 0.05) is 6.04 Å². The second-order valence-corrected chi connectivity index (χ2v) is 7.47. The first kappa shape index (κ1) is 16.8. The minimum atomic E-state index is -3.53. The highest BCUT2D eigenvalue weighted by Gasteiger charge is 2.22. The predicted molar refractivity (Wildman–Crippen MR) is 88.4 cm³/mol. The van der Waals surface area contributed by atoms with Gasteiger partial charge in [0.1, 0.15) is 0 Å². The summed E-state index contributed by atoms with van der Waals surface area (Å²) >= 11 is 1.28. The van der Waals surface area contributed by atoms with Crippen LogP contribution in [0.5, 0.6) is 0 Å². The van der Waals surface area contributed by atoms with Crippen molar-refractivity contribution in [2.45, 2.75) is 36.6 Å². The van der Waals surface area contributed by atoms with E-state index in [1.165, 1.54) is 17.8 Å². The van der Waals surface area contributed by atoms with Crippen molar-refractivity contribution < 1.29 is 8.42 Å². The molecular formula is C14H18N4O2S2. The number of thioether (sulfide) groups is 1. The number of benzene rings is 1. The van der Waals surface area contributed by atoms with E-state index in [2.05, 4.69) is 15.0 Å². The molecule has 1 aromatic carbocycles. The Balaban J connectivity index is 2.21. The fourth-order valence-corrected chi connectivity index (χ4v) is 4.03. The van der Waals surface area contributed by atoms with E-state index in [1.807, 2.05) is 0 Å². The first-order valence-electron chi connectivity index (χ1n) is 6.95. The maximum Gasteiger partial charge on any atom is 0.240 e. The Morgan fingerprint density at radius 2 is 2.14 bits per heavy atom. The van der Waals surface area contributed by atoms with Crippen molar-refractivity contribution in [2.24, 2.45) is 4.99 Å². The van der Waals surface area contributed by atoms with Crippen molar-refractivity contribution in [3.63, 3.8) is 0 Å². The van der Waals surface area contributed by atoms with Crippen LogP contribution < -0.4 is 10.0 Å². The van der Waals surface area contributed by atoms with Crippen LogP contribution in [0.2, 0.25) is 0 Å². The van der Waals surface area contributed by atoms with E-state index in [-0.39, 0.29) is 10.9 Å². The van der Waals surface area contributed by atoms with Gasteiger partial charge in [0.2, 0.25) is 10.0 Å². The molecule has 118 valence electrons. The largest absolute Gasteiger partial charge is 0.271 e. The second-order valence-electron chi connectivity index (χ2n) is 4.96. The van der Waals surface area contributed by atoms with Gasteiger partial charge in [-0.25, -0.2) is 18.1 Å². The number of aliphatic imine (C=N–C) groups is 1. The minimum Gasteiger partial charge on any atom is -0.271 e. The van der Waals surface area contributed by atoms with Gasteiger partial charge in [-0.1, -0.05) is 30.7 Å². The highest BCUT2D eigenvalue weighted by Crippen LogP contribution is 2.23. The first-order valence-corrected chi connectivity index (χ1v) is 9.66. The molecule has 1 aliphatic carbocycles. The van der Waals surface area contributed by atoms with Gasteiger partial charge >= 0.3 is 0 Å². The molecule has 1 aromatic rings. The summed E-state index contributed by atoms with van der Waals surface area (Å²) in [5.74, 6) is 0. The van der Waals surface area contributed by atoms with Gasteiger partial charge in [0.25, 0.3) is 0 Å². The highest BCUT2D eigenvalue weighted by molar-refractivity contribution is 8.13. The summed E-state index contributed by atoms with van der Waals surface area (Å²) in [5.41, 5.74) is 0.487. The summed E-state index contributed by atoms with van der Waals surface area (Å²) in [4.78, 5) is 4.42. The smallest absolute Gasteiger partial charge is 0.240 e. The molecule has 22 heavy (non-hydrogen) atoms. The summed E-state index contributed by atoms with van der Waals surface area (Å²) in [6.45, 7) is 0. The molecule has 0 unspecified atom stereocenters. The Bertz CT molecular complexity index is 689. The molecule has 1 aliphatic rings. The Hall–Kier alpha value is -1.56. The van der Waals surface area contributed by atoms with Gasteiger partial charge in [-0.2, -0.15) is 5.26 Å². The zero-order valence-corrected chi connectivity index (χ0v) is 13.9. The van der Waals surface area contributed by atoms with Gasteiger partial charge in [0.15, 0.2) is 11.4 Å². The van der Waals surface area contributed by atoms with Crippen LogP contribution in [-0.2, 0) is 10.0 Å². The molecule has 2 N–H and O–H groups in total. The number of amidine groups is 1. The molecule has 1 fully saturated rings. The van der Waals surface area contributed by atoms with Crippen molar-refractivity contribution >= 4 is 32.6 Å². The number of hydrogen-bond acceptors (Lipinski definition) is 5. The van der Waals surface area contributed by atoms with Crippen LogP contribution in [0.4, 0.5) is 5.69 Å². The van der Waals surface area contributed by atoms with E-state index in [9.17, 15) is 8.42 Å². The van der Waals surface area contributed by atoms with Crippen molar-refractivity contribution in [2.75, 3.05) is 6.26 Å². The van der Waals surface area contributed by atoms with E-state index < -0.39 is 10.0 Å². The number of sulfonamides is 1. The van der Waals surface area contributed by atoms with Crippen LogP contribution in [0, 0.1) is 11.5 Å². The summed E-state index contributed by atoms with van der Waals surface area (Å²) in [7, 11) is -3.53. The molecule has 0 aromatic heterocycles. The molecule has 2 rings (SSSR count). The van der Waals surface area contributed by atoms with Crippen LogP contribution in [0.25, 0.3) is 0 Å². The number of hydrogen-bond donors (Lipinski definition) is 2. The van der Waals surface area contributed by atoms with Gasteiger partial charge in [-0.05, 0) is 37.3 Å². The fraction of sp³-hybridized carbons (Fsp3) is 0.429. The molecule has 0 aliphatic heterocycles. The van der Waals surface area contributed by atoms with E-state index in [0.717, 1.165) is 25.7 Å². The monoisotopic (exact) mass is 338 g/mol. The maximum absolute atomic E-state index is 12.4. The number of nitriles is 1. The molecule has 0 saturated heterocycles. The van der Waals surface area contributed by atoms with Gasteiger partial charge in [-0.3, -0.25) is 5.32 Å². The highest BCUT2D eigenvalue weighted by atomic mass is 32.2. The predicted octanol–water partition coefficient (Wildman–Crippen LogP) is 2.33. The van der Waals surface area contributed by atoms with Crippen LogP contribution in [0.1, 0.15) is 25.7 Å². The Labute approximate surface area is 135 Å². The number of nitrogens with zero attached hydrogens (tertiary/aromatic N) is 2. The molecule has 0 spiro atoms. The molecule has 0 atom stereocenters. The van der Waals surface area contributed by atoms with Crippen LogP contribution >= 0.6 is 11.8 Å². The first-order chi connectivity index (χ1) is 10.5. The fourth-order valence-electron chi connectivity index (χ4n) is 2.34. The second kappa shape index (κ2) is 7.63. The summed E-state index contributed by atoms with van der Waals surface area (Å²) in [5, 5.41) is 11.5. The maximum atomic E-state index is 12.4. The third kappa shape index (κ3) is 4.47.